The molecule has 1 aromatic heterocycles. The standard InChI is InChI=1S/C25H28N2O4/c1-16(2)8-9-18-6-5-7-20(14-18)24(28)27-21-15-19-10-11-22(30-13-12-26-4)17(3)23(19)31-25(21)29/h5-8,10-11,14-15,26H,9,12-13H2,1-4H3,(H,27,28). The van der Waals surface area contributed by atoms with E-state index in [2.05, 4.69) is 16.7 Å². The normalized spacial score (nSPS) is 10.7. The Hall–Kier alpha value is -3.38. The lowest BCUT2D eigenvalue weighted by Gasteiger charge is -2.11. The van der Waals surface area contributed by atoms with E-state index in [4.69, 9.17) is 9.15 Å². The molecule has 0 aliphatic heterocycles. The minimum atomic E-state index is -0.600. The fourth-order valence-corrected chi connectivity index (χ4v) is 3.17. The van der Waals surface area contributed by atoms with Crippen LogP contribution in [0.1, 0.15) is 35.3 Å². The Morgan fingerprint density at radius 1 is 1.16 bits per heavy atom. The zero-order valence-corrected chi connectivity index (χ0v) is 18.4. The van der Waals surface area contributed by atoms with Crippen LogP contribution < -0.4 is 21.0 Å². The highest BCUT2D eigenvalue weighted by molar-refractivity contribution is 6.05. The van der Waals surface area contributed by atoms with Gasteiger partial charge in [0.25, 0.3) is 5.91 Å². The quantitative estimate of drug-likeness (QED) is 0.319. The van der Waals surface area contributed by atoms with Crippen LogP contribution in [0.2, 0.25) is 0 Å². The lowest BCUT2D eigenvalue weighted by atomic mass is 10.1. The second-order valence-corrected chi connectivity index (χ2v) is 7.65. The molecule has 3 aromatic rings. The van der Waals surface area contributed by atoms with Crippen LogP contribution in [0.15, 0.2) is 63.3 Å². The van der Waals surface area contributed by atoms with E-state index in [-0.39, 0.29) is 11.6 Å². The number of carbonyl (C=O) groups is 1. The predicted molar refractivity (Wildman–Crippen MR) is 124 cm³/mol. The van der Waals surface area contributed by atoms with Crippen molar-refractivity contribution in [3.8, 4) is 5.75 Å². The summed E-state index contributed by atoms with van der Waals surface area (Å²) >= 11 is 0. The van der Waals surface area contributed by atoms with Crippen LogP contribution in [0.4, 0.5) is 5.69 Å². The number of carbonyl (C=O) groups excluding carboxylic acids is 1. The Bertz CT molecular complexity index is 1170. The number of ether oxygens (including phenoxy) is 1. The topological polar surface area (TPSA) is 80.6 Å². The summed E-state index contributed by atoms with van der Waals surface area (Å²) in [4.78, 5) is 25.3. The van der Waals surface area contributed by atoms with E-state index >= 15 is 0 Å². The van der Waals surface area contributed by atoms with Crippen molar-refractivity contribution in [1.82, 2.24) is 5.32 Å². The monoisotopic (exact) mass is 420 g/mol. The fraction of sp³-hybridized carbons (Fsp3) is 0.280. The Kier molecular flexibility index (Phi) is 7.26. The average molecular weight is 421 g/mol. The third-order valence-corrected chi connectivity index (χ3v) is 4.89. The molecular weight excluding hydrogens is 392 g/mol. The van der Waals surface area contributed by atoms with E-state index in [0.29, 0.717) is 35.4 Å². The third-order valence-electron chi connectivity index (χ3n) is 4.89. The largest absolute Gasteiger partial charge is 0.492 e. The van der Waals surface area contributed by atoms with Gasteiger partial charge in [0, 0.05) is 23.1 Å². The molecule has 0 atom stereocenters. The van der Waals surface area contributed by atoms with Crippen LogP contribution in [0, 0.1) is 6.92 Å². The number of aryl methyl sites for hydroxylation is 1. The molecule has 0 spiro atoms. The van der Waals surface area contributed by atoms with Crippen molar-refractivity contribution in [1.29, 1.82) is 0 Å². The molecule has 6 heteroatoms. The molecule has 0 saturated carbocycles. The number of fused-ring (bicyclic) bond motifs is 1. The SMILES string of the molecule is CNCCOc1ccc2cc(NC(=O)c3cccc(CC=C(C)C)c3)c(=O)oc2c1C. The van der Waals surface area contributed by atoms with Gasteiger partial charge in [0.15, 0.2) is 0 Å². The number of nitrogens with one attached hydrogen (secondary N) is 2. The second-order valence-electron chi connectivity index (χ2n) is 7.65. The molecule has 0 unspecified atom stereocenters. The third kappa shape index (κ3) is 5.61. The zero-order chi connectivity index (χ0) is 22.4. The number of amides is 1. The van der Waals surface area contributed by atoms with Gasteiger partial charge >= 0.3 is 5.63 Å². The number of rotatable bonds is 8. The van der Waals surface area contributed by atoms with Crippen LogP contribution in [0.5, 0.6) is 5.75 Å². The highest BCUT2D eigenvalue weighted by Crippen LogP contribution is 2.27. The highest BCUT2D eigenvalue weighted by atomic mass is 16.5. The van der Waals surface area contributed by atoms with Gasteiger partial charge in [-0.2, -0.15) is 0 Å². The lowest BCUT2D eigenvalue weighted by Crippen LogP contribution is -2.18. The number of benzene rings is 2. The minimum Gasteiger partial charge on any atom is -0.492 e. The van der Waals surface area contributed by atoms with E-state index < -0.39 is 5.63 Å². The summed E-state index contributed by atoms with van der Waals surface area (Å²) in [6, 6.07) is 12.7. The van der Waals surface area contributed by atoms with Crippen LogP contribution in [-0.4, -0.2) is 26.1 Å². The Morgan fingerprint density at radius 2 is 1.97 bits per heavy atom. The number of hydrogen-bond acceptors (Lipinski definition) is 5. The van der Waals surface area contributed by atoms with Gasteiger partial charge in [-0.05, 0) is 70.1 Å². The van der Waals surface area contributed by atoms with E-state index in [1.54, 1.807) is 12.1 Å². The summed E-state index contributed by atoms with van der Waals surface area (Å²) in [7, 11) is 1.85. The van der Waals surface area contributed by atoms with Crippen molar-refractivity contribution in [3.05, 3.63) is 81.2 Å². The number of hydrogen-bond donors (Lipinski definition) is 2. The van der Waals surface area contributed by atoms with Crippen molar-refractivity contribution < 1.29 is 13.9 Å². The smallest absolute Gasteiger partial charge is 0.360 e. The molecule has 31 heavy (non-hydrogen) atoms. The first-order chi connectivity index (χ1) is 14.9. The van der Waals surface area contributed by atoms with Gasteiger partial charge in [0.05, 0.1) is 0 Å². The van der Waals surface area contributed by atoms with Gasteiger partial charge in [0.1, 0.15) is 23.6 Å². The summed E-state index contributed by atoms with van der Waals surface area (Å²) in [6.07, 6.45) is 2.85. The number of allylic oxidation sites excluding steroid dienone is 2. The molecule has 0 radical (unpaired) electrons. The van der Waals surface area contributed by atoms with Crippen molar-refractivity contribution in [2.45, 2.75) is 27.2 Å². The van der Waals surface area contributed by atoms with Gasteiger partial charge in [0.2, 0.25) is 0 Å². The van der Waals surface area contributed by atoms with Crippen LogP contribution in [0.3, 0.4) is 0 Å². The van der Waals surface area contributed by atoms with Gasteiger partial charge in [-0.1, -0.05) is 23.8 Å². The van der Waals surface area contributed by atoms with E-state index in [1.807, 2.05) is 58.2 Å². The Balaban J connectivity index is 1.83. The summed E-state index contributed by atoms with van der Waals surface area (Å²) in [5.74, 6) is 0.310. The lowest BCUT2D eigenvalue weighted by molar-refractivity contribution is 0.102. The summed E-state index contributed by atoms with van der Waals surface area (Å²) < 4.78 is 11.2. The summed E-state index contributed by atoms with van der Waals surface area (Å²) in [6.45, 7) is 7.13. The van der Waals surface area contributed by atoms with Crippen molar-refractivity contribution >= 4 is 22.6 Å². The fourth-order valence-electron chi connectivity index (χ4n) is 3.17. The maximum Gasteiger partial charge on any atom is 0.360 e. The van der Waals surface area contributed by atoms with Gasteiger partial charge < -0.3 is 19.8 Å². The highest BCUT2D eigenvalue weighted by Gasteiger charge is 2.14. The molecule has 162 valence electrons. The molecule has 1 amide bonds. The first-order valence-electron chi connectivity index (χ1n) is 10.3. The molecule has 0 fully saturated rings. The maximum absolute atomic E-state index is 12.7. The van der Waals surface area contributed by atoms with E-state index in [1.165, 1.54) is 5.57 Å². The van der Waals surface area contributed by atoms with Gasteiger partial charge in [-0.25, -0.2) is 4.79 Å². The molecule has 1 heterocycles. The molecule has 0 aliphatic carbocycles. The molecule has 0 bridgehead atoms. The molecule has 2 aromatic carbocycles. The Morgan fingerprint density at radius 3 is 2.71 bits per heavy atom. The molecule has 3 rings (SSSR count). The van der Waals surface area contributed by atoms with Crippen LogP contribution in [0.25, 0.3) is 11.0 Å². The Labute approximate surface area is 181 Å². The first kappa shape index (κ1) is 22.3. The second kappa shape index (κ2) is 10.1. The van der Waals surface area contributed by atoms with Crippen LogP contribution >= 0.6 is 0 Å². The van der Waals surface area contributed by atoms with Gasteiger partial charge in [-0.15, -0.1) is 0 Å². The van der Waals surface area contributed by atoms with Gasteiger partial charge in [-0.3, -0.25) is 4.79 Å². The first-order valence-corrected chi connectivity index (χ1v) is 10.3. The predicted octanol–water partition coefficient (Wildman–Crippen LogP) is 4.46. The van der Waals surface area contributed by atoms with E-state index in [9.17, 15) is 9.59 Å². The van der Waals surface area contributed by atoms with E-state index in [0.717, 1.165) is 17.5 Å². The molecule has 0 saturated heterocycles. The molecule has 2 N–H and O–H groups in total. The van der Waals surface area contributed by atoms with Crippen molar-refractivity contribution in [3.63, 3.8) is 0 Å². The number of anilines is 1. The maximum atomic E-state index is 12.7. The van der Waals surface area contributed by atoms with Crippen LogP contribution in [-0.2, 0) is 6.42 Å². The van der Waals surface area contributed by atoms with Crippen molar-refractivity contribution in [2.24, 2.45) is 0 Å². The summed E-state index contributed by atoms with van der Waals surface area (Å²) in [5, 5.41) is 6.42. The molecule has 0 aliphatic rings. The average Bonchev–Trinajstić information content (AvgIpc) is 2.75. The molecular formula is C25H28N2O4. The van der Waals surface area contributed by atoms with Crippen molar-refractivity contribution in [2.75, 3.05) is 25.5 Å². The minimum absolute atomic E-state index is 0.107. The zero-order valence-electron chi connectivity index (χ0n) is 18.4. The molecule has 6 nitrogen and oxygen atoms in total. The summed E-state index contributed by atoms with van der Waals surface area (Å²) in [5.41, 5.74) is 3.44. The number of likely N-dealkylation sites (N-methyl/N-ethyl adjacent to an activating group) is 1.